The molecule has 4 rings (SSSR count). The molecule has 0 aliphatic carbocycles. The number of pyridine rings is 1. The first kappa shape index (κ1) is 22.3. The minimum absolute atomic E-state index is 0.166. The van der Waals surface area contributed by atoms with E-state index in [9.17, 15) is 18.0 Å². The standard InChI is InChI=1S/C23H26F3N5O/c1-15-27-14-20(30(15)2)16-6-7-17-13-28-21(12-18(17)11-16)29-22(32)19-5-3-4-9-31(19)10-8-23(24,25)26/h6-7,11-14,19H,3-5,8-10H2,1-2H3,(H,28,29,32). The highest BCUT2D eigenvalue weighted by Gasteiger charge is 2.33. The van der Waals surface area contributed by atoms with Crippen molar-refractivity contribution in [1.82, 2.24) is 19.4 Å². The van der Waals surface area contributed by atoms with Crippen LogP contribution in [0.2, 0.25) is 0 Å². The number of anilines is 1. The molecule has 1 atom stereocenters. The van der Waals surface area contributed by atoms with Crippen LogP contribution < -0.4 is 5.32 Å². The fourth-order valence-electron chi connectivity index (χ4n) is 4.17. The van der Waals surface area contributed by atoms with Crippen LogP contribution in [0.3, 0.4) is 0 Å². The SMILES string of the molecule is Cc1ncc(-c2ccc3cnc(NC(=O)C4CCCCN4CCC(F)(F)F)cc3c2)n1C. The zero-order valence-electron chi connectivity index (χ0n) is 18.1. The Bertz CT molecular complexity index is 1120. The van der Waals surface area contributed by atoms with Crippen LogP contribution in [0.25, 0.3) is 22.0 Å². The van der Waals surface area contributed by atoms with Crippen molar-refractivity contribution in [2.45, 2.75) is 44.8 Å². The van der Waals surface area contributed by atoms with E-state index in [2.05, 4.69) is 15.3 Å². The summed E-state index contributed by atoms with van der Waals surface area (Å²) in [5, 5.41) is 4.65. The van der Waals surface area contributed by atoms with Crippen LogP contribution in [0.5, 0.6) is 0 Å². The molecule has 2 aromatic heterocycles. The van der Waals surface area contributed by atoms with Crippen molar-refractivity contribution in [2.75, 3.05) is 18.4 Å². The van der Waals surface area contributed by atoms with Crippen LogP contribution in [0.1, 0.15) is 31.5 Å². The third-order valence-corrected chi connectivity index (χ3v) is 6.09. The summed E-state index contributed by atoms with van der Waals surface area (Å²) < 4.78 is 40.0. The van der Waals surface area contributed by atoms with E-state index in [1.807, 2.05) is 42.9 Å². The van der Waals surface area contributed by atoms with Crippen molar-refractivity contribution < 1.29 is 18.0 Å². The maximum absolute atomic E-state index is 12.9. The lowest BCUT2D eigenvalue weighted by Crippen LogP contribution is -2.48. The van der Waals surface area contributed by atoms with E-state index in [1.54, 1.807) is 17.2 Å². The van der Waals surface area contributed by atoms with E-state index in [1.165, 1.54) is 0 Å². The first-order valence-electron chi connectivity index (χ1n) is 10.7. The van der Waals surface area contributed by atoms with E-state index in [0.29, 0.717) is 18.8 Å². The molecule has 1 saturated heterocycles. The molecular formula is C23H26F3N5O. The summed E-state index contributed by atoms with van der Waals surface area (Å²) in [7, 11) is 1.95. The number of nitrogens with one attached hydrogen (secondary N) is 1. The number of likely N-dealkylation sites (tertiary alicyclic amines) is 1. The summed E-state index contributed by atoms with van der Waals surface area (Å²) >= 11 is 0. The zero-order valence-corrected chi connectivity index (χ0v) is 18.1. The number of fused-ring (bicyclic) bond motifs is 1. The quantitative estimate of drug-likeness (QED) is 0.619. The van der Waals surface area contributed by atoms with Gasteiger partial charge in [-0.25, -0.2) is 9.97 Å². The number of benzene rings is 1. The van der Waals surface area contributed by atoms with Gasteiger partial charge in [0.15, 0.2) is 0 Å². The molecule has 1 fully saturated rings. The number of alkyl halides is 3. The fraction of sp³-hybridized carbons (Fsp3) is 0.435. The lowest BCUT2D eigenvalue weighted by atomic mass is 10.0. The number of carbonyl (C=O) groups excluding carboxylic acids is 1. The maximum atomic E-state index is 12.9. The van der Waals surface area contributed by atoms with Crippen molar-refractivity contribution in [3.05, 3.63) is 42.5 Å². The molecule has 1 amide bonds. The summed E-state index contributed by atoms with van der Waals surface area (Å²) in [6.45, 7) is 2.26. The lowest BCUT2D eigenvalue weighted by Gasteiger charge is -2.34. The second kappa shape index (κ2) is 8.90. The number of aryl methyl sites for hydroxylation is 1. The smallest absolute Gasteiger partial charge is 0.331 e. The molecule has 6 nitrogen and oxygen atoms in total. The van der Waals surface area contributed by atoms with Crippen LogP contribution in [-0.2, 0) is 11.8 Å². The molecule has 32 heavy (non-hydrogen) atoms. The number of aromatic nitrogens is 3. The number of imidazole rings is 1. The van der Waals surface area contributed by atoms with Gasteiger partial charge in [0, 0.05) is 30.7 Å². The number of piperidine rings is 1. The average molecular weight is 445 g/mol. The molecule has 3 aromatic rings. The topological polar surface area (TPSA) is 63.1 Å². The minimum Gasteiger partial charge on any atom is -0.331 e. The van der Waals surface area contributed by atoms with Crippen LogP contribution >= 0.6 is 0 Å². The fourth-order valence-corrected chi connectivity index (χ4v) is 4.17. The third-order valence-electron chi connectivity index (χ3n) is 6.09. The second-order valence-electron chi connectivity index (χ2n) is 8.28. The maximum Gasteiger partial charge on any atom is 0.390 e. The van der Waals surface area contributed by atoms with Crippen LogP contribution in [0, 0.1) is 6.92 Å². The molecule has 0 spiro atoms. The van der Waals surface area contributed by atoms with Crippen molar-refractivity contribution in [2.24, 2.45) is 7.05 Å². The van der Waals surface area contributed by atoms with Gasteiger partial charge in [0.05, 0.1) is 24.4 Å². The van der Waals surface area contributed by atoms with Gasteiger partial charge in [-0.3, -0.25) is 9.69 Å². The second-order valence-corrected chi connectivity index (χ2v) is 8.28. The summed E-state index contributed by atoms with van der Waals surface area (Å²) in [5.74, 6) is 0.990. The third kappa shape index (κ3) is 4.93. The molecule has 170 valence electrons. The van der Waals surface area contributed by atoms with Crippen molar-refractivity contribution in [3.8, 4) is 11.3 Å². The Kier molecular flexibility index (Phi) is 6.19. The first-order valence-corrected chi connectivity index (χ1v) is 10.7. The predicted octanol–water partition coefficient (Wildman–Crippen LogP) is 4.69. The van der Waals surface area contributed by atoms with Crippen molar-refractivity contribution in [1.29, 1.82) is 0 Å². The highest BCUT2D eigenvalue weighted by atomic mass is 19.4. The minimum atomic E-state index is -4.23. The van der Waals surface area contributed by atoms with E-state index in [0.717, 1.165) is 40.7 Å². The summed E-state index contributed by atoms with van der Waals surface area (Å²) in [6.07, 6.45) is 0.515. The van der Waals surface area contributed by atoms with E-state index in [-0.39, 0.29) is 12.5 Å². The van der Waals surface area contributed by atoms with E-state index in [4.69, 9.17) is 0 Å². The number of rotatable bonds is 5. The Morgan fingerprint density at radius 2 is 1.97 bits per heavy atom. The predicted molar refractivity (Wildman–Crippen MR) is 117 cm³/mol. The Morgan fingerprint density at radius 3 is 2.69 bits per heavy atom. The number of hydrogen-bond donors (Lipinski definition) is 1. The van der Waals surface area contributed by atoms with Crippen molar-refractivity contribution >= 4 is 22.5 Å². The molecule has 1 N–H and O–H groups in total. The zero-order chi connectivity index (χ0) is 22.9. The molecule has 1 aliphatic heterocycles. The monoisotopic (exact) mass is 445 g/mol. The van der Waals surface area contributed by atoms with Gasteiger partial charge in [-0.15, -0.1) is 0 Å². The Labute approximate surface area is 184 Å². The molecule has 0 radical (unpaired) electrons. The first-order chi connectivity index (χ1) is 15.2. The molecule has 1 aliphatic rings. The highest BCUT2D eigenvalue weighted by molar-refractivity contribution is 5.96. The largest absolute Gasteiger partial charge is 0.390 e. The van der Waals surface area contributed by atoms with Gasteiger partial charge < -0.3 is 9.88 Å². The summed E-state index contributed by atoms with van der Waals surface area (Å²) in [6, 6.07) is 7.19. The average Bonchev–Trinajstić information content (AvgIpc) is 3.10. The molecule has 0 saturated carbocycles. The highest BCUT2D eigenvalue weighted by Crippen LogP contribution is 2.27. The van der Waals surface area contributed by atoms with Gasteiger partial charge in [0.1, 0.15) is 11.6 Å². The summed E-state index contributed by atoms with van der Waals surface area (Å²) in [4.78, 5) is 23.2. The number of hydrogen-bond acceptors (Lipinski definition) is 4. The Hall–Kier alpha value is -2.94. The Balaban J connectivity index is 1.52. The molecule has 3 heterocycles. The van der Waals surface area contributed by atoms with Crippen molar-refractivity contribution in [3.63, 3.8) is 0 Å². The Morgan fingerprint density at radius 1 is 1.16 bits per heavy atom. The van der Waals surface area contributed by atoms with Crippen LogP contribution in [0.15, 0.2) is 36.7 Å². The lowest BCUT2D eigenvalue weighted by molar-refractivity contribution is -0.142. The molecular weight excluding hydrogens is 419 g/mol. The number of amides is 1. The van der Waals surface area contributed by atoms with Gasteiger partial charge >= 0.3 is 6.18 Å². The van der Waals surface area contributed by atoms with Crippen LogP contribution in [-0.4, -0.2) is 50.6 Å². The van der Waals surface area contributed by atoms with Gasteiger partial charge in [-0.05, 0) is 43.8 Å². The van der Waals surface area contributed by atoms with E-state index < -0.39 is 18.6 Å². The van der Waals surface area contributed by atoms with E-state index >= 15 is 0 Å². The van der Waals surface area contributed by atoms with Gasteiger partial charge in [0.2, 0.25) is 5.91 Å². The van der Waals surface area contributed by atoms with Gasteiger partial charge in [-0.1, -0.05) is 18.6 Å². The molecule has 9 heteroatoms. The van der Waals surface area contributed by atoms with Gasteiger partial charge in [0.25, 0.3) is 0 Å². The number of carbonyl (C=O) groups is 1. The summed E-state index contributed by atoms with van der Waals surface area (Å²) in [5.41, 5.74) is 1.98. The molecule has 1 unspecified atom stereocenters. The molecule has 1 aromatic carbocycles. The molecule has 0 bridgehead atoms. The number of halogens is 3. The normalized spacial score (nSPS) is 17.6. The van der Waals surface area contributed by atoms with Crippen LogP contribution in [0.4, 0.5) is 19.0 Å². The van der Waals surface area contributed by atoms with Gasteiger partial charge in [-0.2, -0.15) is 13.2 Å². The number of nitrogens with zero attached hydrogens (tertiary/aromatic N) is 4.